The van der Waals surface area contributed by atoms with Gasteiger partial charge in [0.1, 0.15) is 11.4 Å². The molecule has 4 nitrogen and oxygen atoms in total. The fraction of sp³-hybridized carbons (Fsp3) is 0.176. The van der Waals surface area contributed by atoms with Crippen LogP contribution in [0, 0.1) is 5.82 Å². The quantitative estimate of drug-likeness (QED) is 0.831. The van der Waals surface area contributed by atoms with Gasteiger partial charge in [-0.15, -0.1) is 0 Å². The second-order valence-electron chi connectivity index (χ2n) is 5.66. The van der Waals surface area contributed by atoms with E-state index in [-0.39, 0.29) is 11.6 Å². The van der Waals surface area contributed by atoms with Crippen molar-refractivity contribution in [2.45, 2.75) is 19.0 Å². The van der Waals surface area contributed by atoms with E-state index in [1.165, 1.54) is 12.1 Å². The molecule has 7 heteroatoms. The first-order valence-corrected chi connectivity index (χ1v) is 7.91. The highest BCUT2D eigenvalue weighted by Gasteiger charge is 2.49. The molecular formula is C17H13Cl2FN2O2. The maximum absolute atomic E-state index is 13.3. The zero-order chi connectivity index (χ0) is 17.5. The Kier molecular flexibility index (Phi) is 4.24. The fourth-order valence-electron chi connectivity index (χ4n) is 2.72. The maximum Gasteiger partial charge on any atom is 0.325 e. The van der Waals surface area contributed by atoms with Gasteiger partial charge < -0.3 is 5.32 Å². The molecule has 0 radical (unpaired) electrons. The number of hydrogen-bond acceptors (Lipinski definition) is 2. The van der Waals surface area contributed by atoms with Gasteiger partial charge >= 0.3 is 6.03 Å². The number of nitrogens with one attached hydrogen (secondary N) is 1. The molecule has 1 unspecified atom stereocenters. The normalized spacial score (nSPS) is 20.4. The van der Waals surface area contributed by atoms with Gasteiger partial charge in [0, 0.05) is 15.6 Å². The Morgan fingerprint density at radius 1 is 1.12 bits per heavy atom. The molecular weight excluding hydrogens is 354 g/mol. The number of nitrogens with zero attached hydrogens (tertiary/aromatic N) is 1. The first-order valence-electron chi connectivity index (χ1n) is 7.16. The molecule has 1 fully saturated rings. The Morgan fingerprint density at radius 2 is 1.83 bits per heavy atom. The summed E-state index contributed by atoms with van der Waals surface area (Å²) in [5.41, 5.74) is -0.369. The Labute approximate surface area is 148 Å². The molecule has 3 rings (SSSR count). The van der Waals surface area contributed by atoms with Crippen molar-refractivity contribution in [3.8, 4) is 0 Å². The molecule has 0 saturated carbocycles. The van der Waals surface area contributed by atoms with Crippen LogP contribution in [0.5, 0.6) is 0 Å². The van der Waals surface area contributed by atoms with Crippen molar-refractivity contribution < 1.29 is 14.0 Å². The number of imide groups is 1. The number of amides is 3. The van der Waals surface area contributed by atoms with Crippen molar-refractivity contribution in [1.29, 1.82) is 0 Å². The topological polar surface area (TPSA) is 49.4 Å². The van der Waals surface area contributed by atoms with E-state index in [4.69, 9.17) is 23.2 Å². The molecule has 0 bridgehead atoms. The van der Waals surface area contributed by atoms with E-state index in [0.717, 1.165) is 11.0 Å². The third kappa shape index (κ3) is 2.74. The van der Waals surface area contributed by atoms with Crippen LogP contribution in [0.1, 0.15) is 18.1 Å². The summed E-state index contributed by atoms with van der Waals surface area (Å²) in [6.07, 6.45) is 0. The summed E-state index contributed by atoms with van der Waals surface area (Å²) in [5.74, 6) is -0.988. The number of benzene rings is 2. The molecule has 0 aliphatic carbocycles. The summed E-state index contributed by atoms with van der Waals surface area (Å²) in [6, 6.07) is 10.1. The summed E-state index contributed by atoms with van der Waals surface area (Å²) in [5, 5.41) is 3.17. The van der Waals surface area contributed by atoms with E-state index < -0.39 is 23.3 Å². The maximum atomic E-state index is 13.3. The average Bonchev–Trinajstić information content (AvgIpc) is 2.73. The van der Waals surface area contributed by atoms with Crippen LogP contribution >= 0.6 is 23.2 Å². The molecule has 2 aromatic rings. The Balaban J connectivity index is 1.95. The minimum atomic E-state index is -1.36. The standard InChI is InChI=1S/C17H13Cl2FN2O2/c1-17(12-7-6-11(20)8-14(12)19)15(23)22(16(24)21-17)9-10-4-2-3-5-13(10)18/h2-8H,9H2,1H3,(H,21,24). The highest BCUT2D eigenvalue weighted by molar-refractivity contribution is 6.32. The molecule has 24 heavy (non-hydrogen) atoms. The van der Waals surface area contributed by atoms with Crippen LogP contribution in [0.4, 0.5) is 9.18 Å². The Bertz CT molecular complexity index is 843. The summed E-state index contributed by atoms with van der Waals surface area (Å²) < 4.78 is 13.3. The number of carbonyl (C=O) groups is 2. The summed E-state index contributed by atoms with van der Waals surface area (Å²) in [4.78, 5) is 26.2. The number of halogens is 3. The molecule has 0 aromatic heterocycles. The predicted molar refractivity (Wildman–Crippen MR) is 89.3 cm³/mol. The van der Waals surface area contributed by atoms with E-state index >= 15 is 0 Å². The number of hydrogen-bond donors (Lipinski definition) is 1. The van der Waals surface area contributed by atoms with Crippen molar-refractivity contribution >= 4 is 35.1 Å². The van der Waals surface area contributed by atoms with Crippen LogP contribution in [0.25, 0.3) is 0 Å². The molecule has 1 aliphatic rings. The van der Waals surface area contributed by atoms with Gasteiger partial charge in [-0.25, -0.2) is 9.18 Å². The van der Waals surface area contributed by atoms with Crippen molar-refractivity contribution in [1.82, 2.24) is 10.2 Å². The van der Waals surface area contributed by atoms with Gasteiger partial charge in [0.2, 0.25) is 0 Å². The lowest BCUT2D eigenvalue weighted by atomic mass is 9.92. The third-order valence-corrected chi connectivity index (χ3v) is 4.71. The molecule has 124 valence electrons. The van der Waals surface area contributed by atoms with Crippen molar-refractivity contribution in [3.63, 3.8) is 0 Å². The fourth-order valence-corrected chi connectivity index (χ4v) is 3.27. The van der Waals surface area contributed by atoms with Gasteiger partial charge in [-0.3, -0.25) is 9.69 Å². The van der Waals surface area contributed by atoms with Crippen LogP contribution in [-0.4, -0.2) is 16.8 Å². The number of urea groups is 1. The lowest BCUT2D eigenvalue weighted by Crippen LogP contribution is -2.41. The van der Waals surface area contributed by atoms with Gasteiger partial charge in [-0.1, -0.05) is 47.5 Å². The molecule has 0 spiro atoms. The van der Waals surface area contributed by atoms with Crippen molar-refractivity contribution in [2.75, 3.05) is 0 Å². The van der Waals surface area contributed by atoms with Gasteiger partial charge in [-0.05, 0) is 30.7 Å². The molecule has 1 aliphatic heterocycles. The zero-order valence-corrected chi connectivity index (χ0v) is 14.2. The van der Waals surface area contributed by atoms with Gasteiger partial charge in [-0.2, -0.15) is 0 Å². The summed E-state index contributed by atoms with van der Waals surface area (Å²) in [7, 11) is 0. The first-order chi connectivity index (χ1) is 11.3. The second kappa shape index (κ2) is 6.07. The van der Waals surface area contributed by atoms with Crippen LogP contribution in [-0.2, 0) is 16.9 Å². The van der Waals surface area contributed by atoms with Crippen molar-refractivity contribution in [3.05, 3.63) is 69.5 Å². The van der Waals surface area contributed by atoms with Crippen LogP contribution in [0.2, 0.25) is 10.0 Å². The molecule has 1 N–H and O–H groups in total. The van der Waals surface area contributed by atoms with E-state index in [1.54, 1.807) is 31.2 Å². The van der Waals surface area contributed by atoms with E-state index in [2.05, 4.69) is 5.32 Å². The molecule has 1 heterocycles. The monoisotopic (exact) mass is 366 g/mol. The van der Waals surface area contributed by atoms with Gasteiger partial charge in [0.15, 0.2) is 0 Å². The Morgan fingerprint density at radius 3 is 2.50 bits per heavy atom. The smallest absolute Gasteiger partial charge is 0.319 e. The third-order valence-electron chi connectivity index (χ3n) is 4.03. The number of carbonyl (C=O) groups excluding carboxylic acids is 2. The van der Waals surface area contributed by atoms with Gasteiger partial charge in [0.25, 0.3) is 5.91 Å². The first kappa shape index (κ1) is 16.7. The highest BCUT2D eigenvalue weighted by Crippen LogP contribution is 2.35. The minimum Gasteiger partial charge on any atom is -0.319 e. The van der Waals surface area contributed by atoms with E-state index in [9.17, 15) is 14.0 Å². The molecule has 2 aromatic carbocycles. The molecule has 3 amide bonds. The van der Waals surface area contributed by atoms with E-state index in [0.29, 0.717) is 16.1 Å². The molecule has 1 saturated heterocycles. The van der Waals surface area contributed by atoms with Crippen LogP contribution in [0.3, 0.4) is 0 Å². The van der Waals surface area contributed by atoms with Crippen LogP contribution < -0.4 is 5.32 Å². The highest BCUT2D eigenvalue weighted by atomic mass is 35.5. The van der Waals surface area contributed by atoms with Crippen LogP contribution in [0.15, 0.2) is 42.5 Å². The average molecular weight is 367 g/mol. The predicted octanol–water partition coefficient (Wildman–Crippen LogP) is 4.10. The summed E-state index contributed by atoms with van der Waals surface area (Å²) >= 11 is 12.2. The minimum absolute atomic E-state index is 0.0404. The molecule has 1 atom stereocenters. The second-order valence-corrected chi connectivity index (χ2v) is 6.48. The SMILES string of the molecule is CC1(c2ccc(F)cc2Cl)NC(=O)N(Cc2ccccc2Cl)C1=O. The largest absolute Gasteiger partial charge is 0.325 e. The lowest BCUT2D eigenvalue weighted by molar-refractivity contribution is -0.131. The van der Waals surface area contributed by atoms with Crippen molar-refractivity contribution in [2.24, 2.45) is 0 Å². The number of rotatable bonds is 3. The lowest BCUT2D eigenvalue weighted by Gasteiger charge is -2.23. The van der Waals surface area contributed by atoms with Gasteiger partial charge in [0.05, 0.1) is 6.54 Å². The Hall–Kier alpha value is -2.11. The van der Waals surface area contributed by atoms with E-state index in [1.807, 2.05) is 0 Å². The zero-order valence-electron chi connectivity index (χ0n) is 12.6. The summed E-state index contributed by atoms with van der Waals surface area (Å²) in [6.45, 7) is 1.58.